The van der Waals surface area contributed by atoms with Crippen LogP contribution in [0.5, 0.6) is 0 Å². The van der Waals surface area contributed by atoms with Crippen molar-refractivity contribution < 1.29 is 9.59 Å². The molecule has 3 aromatic rings. The van der Waals surface area contributed by atoms with E-state index in [0.29, 0.717) is 13.1 Å². The van der Waals surface area contributed by atoms with E-state index >= 15 is 0 Å². The van der Waals surface area contributed by atoms with Crippen molar-refractivity contribution in [1.82, 2.24) is 19.7 Å². The first kappa shape index (κ1) is 17.9. The van der Waals surface area contributed by atoms with Crippen LogP contribution in [0.1, 0.15) is 11.1 Å². The van der Waals surface area contributed by atoms with Gasteiger partial charge in [-0.15, -0.1) is 0 Å². The Morgan fingerprint density at radius 2 is 1.79 bits per heavy atom. The van der Waals surface area contributed by atoms with Crippen LogP contribution in [-0.4, -0.2) is 58.4 Å². The molecule has 5 rings (SSSR count). The highest BCUT2D eigenvalue weighted by Crippen LogP contribution is 2.22. The van der Waals surface area contributed by atoms with Gasteiger partial charge in [0, 0.05) is 44.4 Å². The SMILES string of the molecule is O=C1NCC(=O)N2CCN(Cc3ccc4ccn(Cc5ccccc5)c4c3)CC12. The van der Waals surface area contributed by atoms with Gasteiger partial charge in [-0.3, -0.25) is 14.5 Å². The lowest BCUT2D eigenvalue weighted by molar-refractivity contribution is -0.149. The second kappa shape index (κ2) is 7.37. The second-order valence-electron chi connectivity index (χ2n) is 7.88. The third-order valence-corrected chi connectivity index (χ3v) is 5.94. The minimum Gasteiger partial charge on any atom is -0.345 e. The van der Waals surface area contributed by atoms with Crippen molar-refractivity contribution in [3.63, 3.8) is 0 Å². The Bertz CT molecular complexity index is 1060. The number of amides is 2. The van der Waals surface area contributed by atoms with E-state index in [1.807, 2.05) is 6.07 Å². The fourth-order valence-corrected chi connectivity index (χ4v) is 4.39. The number of hydrogen-bond donors (Lipinski definition) is 1. The largest absolute Gasteiger partial charge is 0.345 e. The van der Waals surface area contributed by atoms with Gasteiger partial charge in [0.15, 0.2) is 0 Å². The van der Waals surface area contributed by atoms with E-state index < -0.39 is 0 Å². The highest BCUT2D eigenvalue weighted by atomic mass is 16.2. The van der Waals surface area contributed by atoms with Crippen LogP contribution >= 0.6 is 0 Å². The van der Waals surface area contributed by atoms with Crippen molar-refractivity contribution in [1.29, 1.82) is 0 Å². The van der Waals surface area contributed by atoms with Crippen molar-refractivity contribution in [3.05, 3.63) is 71.9 Å². The molecule has 29 heavy (non-hydrogen) atoms. The summed E-state index contributed by atoms with van der Waals surface area (Å²) in [5.74, 6) is -0.0177. The summed E-state index contributed by atoms with van der Waals surface area (Å²) in [7, 11) is 0. The maximum Gasteiger partial charge on any atom is 0.244 e. The molecule has 6 heteroatoms. The number of hydrogen-bond acceptors (Lipinski definition) is 3. The molecule has 2 aliphatic heterocycles. The fraction of sp³-hybridized carbons (Fsp3) is 0.304. The molecule has 2 saturated heterocycles. The first-order chi connectivity index (χ1) is 14.2. The minimum absolute atomic E-state index is 0.0226. The molecule has 3 heterocycles. The molecule has 0 saturated carbocycles. The average Bonchev–Trinajstić information content (AvgIpc) is 3.14. The summed E-state index contributed by atoms with van der Waals surface area (Å²) in [6.07, 6.45) is 2.14. The maximum absolute atomic E-state index is 12.2. The molecule has 1 atom stereocenters. The zero-order valence-corrected chi connectivity index (χ0v) is 16.3. The van der Waals surface area contributed by atoms with Gasteiger partial charge in [0.25, 0.3) is 0 Å². The van der Waals surface area contributed by atoms with Gasteiger partial charge in [0.2, 0.25) is 11.8 Å². The second-order valence-corrected chi connectivity index (χ2v) is 7.88. The van der Waals surface area contributed by atoms with Crippen molar-refractivity contribution in [3.8, 4) is 0 Å². The van der Waals surface area contributed by atoms with Gasteiger partial charge < -0.3 is 14.8 Å². The molecule has 2 aromatic carbocycles. The number of nitrogens with one attached hydrogen (secondary N) is 1. The number of carbonyl (C=O) groups excluding carboxylic acids is 2. The van der Waals surface area contributed by atoms with E-state index in [2.05, 4.69) is 69.5 Å². The first-order valence-electron chi connectivity index (χ1n) is 10.1. The van der Waals surface area contributed by atoms with Crippen LogP contribution < -0.4 is 5.32 Å². The molecule has 2 fully saturated rings. The topological polar surface area (TPSA) is 57.6 Å². The maximum atomic E-state index is 12.2. The van der Waals surface area contributed by atoms with Crippen LogP contribution in [0.25, 0.3) is 10.9 Å². The molecule has 6 nitrogen and oxygen atoms in total. The number of nitrogens with zero attached hydrogens (tertiary/aromatic N) is 3. The van der Waals surface area contributed by atoms with Gasteiger partial charge in [-0.2, -0.15) is 0 Å². The van der Waals surface area contributed by atoms with Crippen LogP contribution in [-0.2, 0) is 22.7 Å². The average molecular weight is 388 g/mol. The Balaban J connectivity index is 1.34. The molecular weight excluding hydrogens is 364 g/mol. The summed E-state index contributed by atoms with van der Waals surface area (Å²) in [5.41, 5.74) is 3.72. The Morgan fingerprint density at radius 1 is 0.931 bits per heavy atom. The van der Waals surface area contributed by atoms with Crippen LogP contribution in [0.2, 0.25) is 0 Å². The number of benzene rings is 2. The number of piperazine rings is 2. The van der Waals surface area contributed by atoms with E-state index in [0.717, 1.165) is 19.6 Å². The zero-order valence-electron chi connectivity index (χ0n) is 16.3. The van der Waals surface area contributed by atoms with Crippen LogP contribution in [0.15, 0.2) is 60.8 Å². The van der Waals surface area contributed by atoms with Gasteiger partial charge in [-0.1, -0.05) is 42.5 Å². The highest BCUT2D eigenvalue weighted by Gasteiger charge is 2.38. The van der Waals surface area contributed by atoms with E-state index in [9.17, 15) is 9.59 Å². The molecule has 1 N–H and O–H groups in total. The Kier molecular flexibility index (Phi) is 4.56. The Labute approximate surface area is 169 Å². The monoisotopic (exact) mass is 388 g/mol. The Morgan fingerprint density at radius 3 is 2.66 bits per heavy atom. The summed E-state index contributed by atoms with van der Waals surface area (Å²) in [5, 5.41) is 3.94. The standard InChI is InChI=1S/C23H24N4O2/c28-22-13-24-23(29)21-16-25(10-11-27(21)22)14-18-6-7-19-8-9-26(20(19)12-18)15-17-4-2-1-3-5-17/h1-9,12,21H,10-11,13-16H2,(H,24,29). The first-order valence-corrected chi connectivity index (χ1v) is 10.1. The minimum atomic E-state index is -0.365. The normalized spacial score (nSPS) is 20.0. The summed E-state index contributed by atoms with van der Waals surface area (Å²) in [4.78, 5) is 28.2. The predicted octanol–water partition coefficient (Wildman–Crippen LogP) is 1.83. The molecule has 0 radical (unpaired) electrons. The fourth-order valence-electron chi connectivity index (χ4n) is 4.39. The summed E-state index contributed by atoms with van der Waals surface area (Å²) in [6, 6.07) is 18.8. The van der Waals surface area contributed by atoms with Crippen LogP contribution in [0.4, 0.5) is 0 Å². The summed E-state index contributed by atoms with van der Waals surface area (Å²) < 4.78 is 2.28. The number of carbonyl (C=O) groups is 2. The lowest BCUT2D eigenvalue weighted by Gasteiger charge is -2.43. The van der Waals surface area contributed by atoms with Gasteiger partial charge >= 0.3 is 0 Å². The zero-order chi connectivity index (χ0) is 19.8. The number of rotatable bonds is 4. The van der Waals surface area contributed by atoms with E-state index in [-0.39, 0.29) is 24.4 Å². The van der Waals surface area contributed by atoms with E-state index in [1.54, 1.807) is 4.90 Å². The molecule has 0 bridgehead atoms. The van der Waals surface area contributed by atoms with E-state index in [1.165, 1.54) is 22.0 Å². The van der Waals surface area contributed by atoms with Crippen molar-refractivity contribution in [2.24, 2.45) is 0 Å². The molecule has 148 valence electrons. The lowest BCUT2D eigenvalue weighted by Crippen LogP contribution is -2.65. The third-order valence-electron chi connectivity index (χ3n) is 5.94. The van der Waals surface area contributed by atoms with Gasteiger partial charge in [0.1, 0.15) is 6.04 Å². The van der Waals surface area contributed by atoms with Crippen LogP contribution in [0, 0.1) is 0 Å². The van der Waals surface area contributed by atoms with Crippen molar-refractivity contribution in [2.45, 2.75) is 19.1 Å². The van der Waals surface area contributed by atoms with Crippen LogP contribution in [0.3, 0.4) is 0 Å². The van der Waals surface area contributed by atoms with Gasteiger partial charge in [-0.05, 0) is 28.6 Å². The van der Waals surface area contributed by atoms with Gasteiger partial charge in [0.05, 0.1) is 6.54 Å². The van der Waals surface area contributed by atoms with Crippen molar-refractivity contribution in [2.75, 3.05) is 26.2 Å². The highest BCUT2D eigenvalue weighted by molar-refractivity contribution is 5.95. The van der Waals surface area contributed by atoms with Gasteiger partial charge in [-0.25, -0.2) is 0 Å². The number of aromatic nitrogens is 1. The molecule has 0 aliphatic carbocycles. The molecule has 0 spiro atoms. The number of fused-ring (bicyclic) bond motifs is 2. The molecule has 2 amide bonds. The lowest BCUT2D eigenvalue weighted by atomic mass is 10.1. The smallest absolute Gasteiger partial charge is 0.244 e. The summed E-state index contributed by atoms with van der Waals surface area (Å²) >= 11 is 0. The molecule has 1 unspecified atom stereocenters. The quantitative estimate of drug-likeness (QED) is 0.742. The predicted molar refractivity (Wildman–Crippen MR) is 111 cm³/mol. The third kappa shape index (κ3) is 3.51. The van der Waals surface area contributed by atoms with Crippen molar-refractivity contribution >= 4 is 22.7 Å². The van der Waals surface area contributed by atoms with E-state index in [4.69, 9.17) is 0 Å². The molecule has 2 aliphatic rings. The molecule has 1 aromatic heterocycles. The Hall–Kier alpha value is -3.12. The molecular formula is C23H24N4O2. The summed E-state index contributed by atoms with van der Waals surface area (Å²) in [6.45, 7) is 3.74.